The molecule has 7 nitrogen and oxygen atoms in total. The van der Waals surface area contributed by atoms with Crippen molar-refractivity contribution in [3.8, 4) is 5.75 Å². The Balaban J connectivity index is 2.02. The van der Waals surface area contributed by atoms with E-state index in [4.69, 9.17) is 4.74 Å². The molecule has 1 N–H and O–H groups in total. The normalized spacial score (nSPS) is 14.9. The zero-order valence-electron chi connectivity index (χ0n) is 16.3. The summed E-state index contributed by atoms with van der Waals surface area (Å²) in [6.07, 6.45) is 1.60. The molecule has 0 fully saturated rings. The molecule has 0 aliphatic carbocycles. The van der Waals surface area contributed by atoms with Crippen LogP contribution in [0.3, 0.4) is 0 Å². The zero-order valence-corrected chi connectivity index (χ0v) is 16.3. The van der Waals surface area contributed by atoms with Crippen molar-refractivity contribution in [3.63, 3.8) is 0 Å². The lowest BCUT2D eigenvalue weighted by Gasteiger charge is -2.15. The largest absolute Gasteiger partial charge is 0.480 e. The van der Waals surface area contributed by atoms with E-state index in [0.29, 0.717) is 22.7 Å². The molecule has 3 rings (SSSR count). The Morgan fingerprint density at radius 2 is 1.76 bits per heavy atom. The summed E-state index contributed by atoms with van der Waals surface area (Å²) >= 11 is 0. The number of ether oxygens (including phenoxy) is 1. The summed E-state index contributed by atoms with van der Waals surface area (Å²) in [6.45, 7) is 4.47. The van der Waals surface area contributed by atoms with Crippen molar-refractivity contribution < 1.29 is 24.2 Å². The van der Waals surface area contributed by atoms with E-state index in [0.717, 1.165) is 16.0 Å². The molecular formula is C22H20N2O5. The lowest BCUT2D eigenvalue weighted by molar-refractivity contribution is -0.140. The highest BCUT2D eigenvalue weighted by Crippen LogP contribution is 2.28. The van der Waals surface area contributed by atoms with Gasteiger partial charge in [0.1, 0.15) is 23.8 Å². The molecular weight excluding hydrogens is 372 g/mol. The molecule has 0 aromatic heterocycles. The molecule has 1 aliphatic heterocycles. The number of carboxylic acid groups (broad SMARTS) is 1. The maximum atomic E-state index is 12.8. The molecule has 29 heavy (non-hydrogen) atoms. The summed E-state index contributed by atoms with van der Waals surface area (Å²) in [5.41, 5.74) is 2.99. The number of nitrogens with zero attached hydrogens (tertiary/aromatic N) is 2. The summed E-state index contributed by atoms with van der Waals surface area (Å²) in [4.78, 5) is 40.9. The van der Waals surface area contributed by atoms with E-state index >= 15 is 0 Å². The summed E-state index contributed by atoms with van der Waals surface area (Å²) < 4.78 is 5.23. The van der Waals surface area contributed by atoms with Gasteiger partial charge in [0.15, 0.2) is 0 Å². The standard InChI is InChI=1S/C22H20N2O5/c1-13-9-16(10-14(2)20(13)29-15(3)25)11-18-22(28)24(12-19(26)27)21(23-18)17-7-5-4-6-8-17/h4-11H,12H2,1-3H3,(H,26,27)/b18-11-. The zero-order chi connectivity index (χ0) is 21.1. The number of carboxylic acids is 1. The van der Waals surface area contributed by atoms with Crippen LogP contribution in [0, 0.1) is 13.8 Å². The van der Waals surface area contributed by atoms with Gasteiger partial charge in [0.2, 0.25) is 0 Å². The number of hydrogen-bond acceptors (Lipinski definition) is 5. The maximum absolute atomic E-state index is 12.8. The van der Waals surface area contributed by atoms with Gasteiger partial charge >= 0.3 is 11.9 Å². The van der Waals surface area contributed by atoms with Gasteiger partial charge in [0.25, 0.3) is 5.91 Å². The number of aryl methyl sites for hydroxylation is 2. The van der Waals surface area contributed by atoms with Crippen LogP contribution >= 0.6 is 0 Å². The highest BCUT2D eigenvalue weighted by atomic mass is 16.5. The van der Waals surface area contributed by atoms with Gasteiger partial charge in [0, 0.05) is 12.5 Å². The van der Waals surface area contributed by atoms with E-state index in [-0.39, 0.29) is 5.70 Å². The molecule has 1 heterocycles. The highest BCUT2D eigenvalue weighted by Gasteiger charge is 2.32. The first-order chi connectivity index (χ1) is 13.8. The molecule has 1 amide bonds. The quantitative estimate of drug-likeness (QED) is 0.479. The van der Waals surface area contributed by atoms with E-state index in [1.807, 2.05) is 6.07 Å². The van der Waals surface area contributed by atoms with Gasteiger partial charge in [-0.15, -0.1) is 0 Å². The summed E-state index contributed by atoms with van der Waals surface area (Å²) in [6, 6.07) is 12.5. The number of esters is 1. The van der Waals surface area contributed by atoms with Gasteiger partial charge in [-0.05, 0) is 48.7 Å². The second-order valence-corrected chi connectivity index (χ2v) is 6.69. The lowest BCUT2D eigenvalue weighted by atomic mass is 10.0. The van der Waals surface area contributed by atoms with Crippen molar-refractivity contribution in [2.24, 2.45) is 4.99 Å². The minimum absolute atomic E-state index is 0.143. The van der Waals surface area contributed by atoms with Crippen molar-refractivity contribution in [1.82, 2.24) is 4.90 Å². The average molecular weight is 392 g/mol. The van der Waals surface area contributed by atoms with Gasteiger partial charge in [-0.2, -0.15) is 0 Å². The van der Waals surface area contributed by atoms with Crippen molar-refractivity contribution in [2.45, 2.75) is 20.8 Å². The number of rotatable bonds is 5. The number of amidine groups is 1. The van der Waals surface area contributed by atoms with Crippen LogP contribution in [0.25, 0.3) is 6.08 Å². The summed E-state index contributed by atoms with van der Waals surface area (Å²) in [5, 5.41) is 9.20. The number of aliphatic imine (C=N–C) groups is 1. The van der Waals surface area contributed by atoms with E-state index in [2.05, 4.69) is 4.99 Å². The van der Waals surface area contributed by atoms with Crippen LogP contribution in [0.15, 0.2) is 53.2 Å². The van der Waals surface area contributed by atoms with E-state index in [1.165, 1.54) is 6.92 Å². The first kappa shape index (κ1) is 20.0. The molecule has 2 aromatic rings. The smallest absolute Gasteiger partial charge is 0.323 e. The second-order valence-electron chi connectivity index (χ2n) is 6.69. The van der Waals surface area contributed by atoms with Crippen LogP contribution in [0.4, 0.5) is 0 Å². The number of aliphatic carboxylic acids is 1. The fourth-order valence-corrected chi connectivity index (χ4v) is 3.17. The topological polar surface area (TPSA) is 96.3 Å². The molecule has 0 spiro atoms. The van der Waals surface area contributed by atoms with E-state index < -0.39 is 24.4 Å². The molecule has 0 atom stereocenters. The third-order valence-electron chi connectivity index (χ3n) is 4.30. The Kier molecular flexibility index (Phi) is 5.59. The van der Waals surface area contributed by atoms with E-state index in [9.17, 15) is 19.5 Å². The Labute approximate surface area is 167 Å². The number of carbonyl (C=O) groups excluding carboxylic acids is 2. The maximum Gasteiger partial charge on any atom is 0.323 e. The molecule has 0 bridgehead atoms. The number of amides is 1. The van der Waals surface area contributed by atoms with Gasteiger partial charge in [-0.1, -0.05) is 30.3 Å². The van der Waals surface area contributed by atoms with Crippen molar-refractivity contribution in [2.75, 3.05) is 6.54 Å². The molecule has 2 aromatic carbocycles. The van der Waals surface area contributed by atoms with Crippen LogP contribution in [0.1, 0.15) is 29.2 Å². The Morgan fingerprint density at radius 3 is 2.31 bits per heavy atom. The minimum atomic E-state index is -1.12. The second kappa shape index (κ2) is 8.10. The Morgan fingerprint density at radius 1 is 1.14 bits per heavy atom. The summed E-state index contributed by atoms with van der Waals surface area (Å²) in [7, 11) is 0. The molecule has 1 aliphatic rings. The fraction of sp³-hybridized carbons (Fsp3) is 0.182. The molecule has 0 radical (unpaired) electrons. The average Bonchev–Trinajstić information content (AvgIpc) is 2.94. The third-order valence-corrected chi connectivity index (χ3v) is 4.30. The van der Waals surface area contributed by atoms with Crippen molar-refractivity contribution in [1.29, 1.82) is 0 Å². The first-order valence-corrected chi connectivity index (χ1v) is 8.95. The summed E-state index contributed by atoms with van der Waals surface area (Å²) in [5.74, 6) is -1.23. The molecule has 7 heteroatoms. The van der Waals surface area contributed by atoms with Crippen LogP contribution in [0.2, 0.25) is 0 Å². The third kappa shape index (κ3) is 4.40. The monoisotopic (exact) mass is 392 g/mol. The van der Waals surface area contributed by atoms with Gasteiger partial charge in [0.05, 0.1) is 0 Å². The Bertz CT molecular complexity index is 1030. The van der Waals surface area contributed by atoms with Crippen molar-refractivity contribution >= 4 is 29.8 Å². The fourth-order valence-electron chi connectivity index (χ4n) is 3.17. The molecule has 0 saturated carbocycles. The molecule has 148 valence electrons. The number of benzene rings is 2. The van der Waals surface area contributed by atoms with Crippen LogP contribution in [0.5, 0.6) is 5.75 Å². The van der Waals surface area contributed by atoms with Gasteiger partial charge < -0.3 is 9.84 Å². The Hall–Kier alpha value is -3.74. The molecule has 0 unspecified atom stereocenters. The molecule has 0 saturated heterocycles. The number of carbonyl (C=O) groups is 3. The van der Waals surface area contributed by atoms with E-state index in [1.54, 1.807) is 56.3 Å². The van der Waals surface area contributed by atoms with Crippen LogP contribution < -0.4 is 4.74 Å². The van der Waals surface area contributed by atoms with Crippen LogP contribution in [-0.2, 0) is 14.4 Å². The SMILES string of the molecule is CC(=O)Oc1c(C)cc(/C=C2\N=C(c3ccccc3)N(CC(=O)O)C2=O)cc1C. The predicted octanol–water partition coefficient (Wildman–Crippen LogP) is 2.94. The van der Waals surface area contributed by atoms with Crippen LogP contribution in [-0.4, -0.2) is 40.2 Å². The minimum Gasteiger partial charge on any atom is -0.480 e. The first-order valence-electron chi connectivity index (χ1n) is 8.95. The van der Waals surface area contributed by atoms with Crippen molar-refractivity contribution in [3.05, 3.63) is 70.4 Å². The van der Waals surface area contributed by atoms with Gasteiger partial charge in [-0.25, -0.2) is 4.99 Å². The number of hydrogen-bond donors (Lipinski definition) is 1. The predicted molar refractivity (Wildman–Crippen MR) is 108 cm³/mol. The lowest BCUT2D eigenvalue weighted by Crippen LogP contribution is -2.37. The highest BCUT2D eigenvalue weighted by molar-refractivity contribution is 6.20. The van der Waals surface area contributed by atoms with Gasteiger partial charge in [-0.3, -0.25) is 19.3 Å².